The first-order valence-electron chi connectivity index (χ1n) is 6.34. The van der Waals surface area contributed by atoms with Crippen molar-refractivity contribution < 1.29 is 9.15 Å². The summed E-state index contributed by atoms with van der Waals surface area (Å²) in [6.45, 7) is 5.33. The molecule has 0 aliphatic carbocycles. The lowest BCUT2D eigenvalue weighted by molar-refractivity contribution is 0.234. The Kier molecular flexibility index (Phi) is 3.21. The van der Waals surface area contributed by atoms with Crippen LogP contribution in [-0.2, 0) is 6.54 Å². The van der Waals surface area contributed by atoms with Crippen molar-refractivity contribution >= 4 is 11.0 Å². The van der Waals surface area contributed by atoms with Crippen molar-refractivity contribution in [2.45, 2.75) is 6.54 Å². The molecule has 0 unspecified atom stereocenters. The van der Waals surface area contributed by atoms with Crippen molar-refractivity contribution in [1.29, 1.82) is 0 Å². The van der Waals surface area contributed by atoms with Crippen LogP contribution in [0.2, 0.25) is 0 Å². The lowest BCUT2D eigenvalue weighted by Crippen LogP contribution is -2.42. The third-order valence-electron chi connectivity index (χ3n) is 3.49. The Bertz CT molecular complexity index is 530. The van der Waals surface area contributed by atoms with E-state index in [1.165, 1.54) is 5.56 Å². The van der Waals surface area contributed by atoms with Crippen molar-refractivity contribution in [3.8, 4) is 5.75 Å². The molecule has 1 aliphatic heterocycles. The number of nitrogens with one attached hydrogen (secondary N) is 1. The zero-order valence-electron chi connectivity index (χ0n) is 10.6. The summed E-state index contributed by atoms with van der Waals surface area (Å²) in [7, 11) is 1.67. The van der Waals surface area contributed by atoms with Gasteiger partial charge in [-0.2, -0.15) is 0 Å². The Morgan fingerprint density at radius 2 is 2.11 bits per heavy atom. The zero-order chi connectivity index (χ0) is 12.4. The fourth-order valence-electron chi connectivity index (χ4n) is 2.50. The molecule has 0 saturated carbocycles. The lowest BCUT2D eigenvalue weighted by Gasteiger charge is -2.27. The number of ether oxygens (including phenoxy) is 1. The van der Waals surface area contributed by atoms with Crippen LogP contribution in [0.5, 0.6) is 5.75 Å². The topological polar surface area (TPSA) is 37.6 Å². The molecule has 1 aromatic heterocycles. The molecule has 0 bridgehead atoms. The average molecular weight is 246 g/mol. The number of nitrogens with zero attached hydrogens (tertiary/aromatic N) is 1. The Labute approximate surface area is 107 Å². The predicted octanol–water partition coefficient (Wildman–Crippen LogP) is 1.85. The Hall–Kier alpha value is -1.52. The van der Waals surface area contributed by atoms with E-state index in [0.717, 1.165) is 49.4 Å². The second-order valence-electron chi connectivity index (χ2n) is 4.62. The van der Waals surface area contributed by atoms with E-state index in [-0.39, 0.29) is 0 Å². The third kappa shape index (κ3) is 2.09. The van der Waals surface area contributed by atoms with Gasteiger partial charge < -0.3 is 14.5 Å². The maximum atomic E-state index is 5.51. The molecule has 1 N–H and O–H groups in total. The minimum absolute atomic E-state index is 0.805. The summed E-state index contributed by atoms with van der Waals surface area (Å²) in [6, 6.07) is 6.15. The summed E-state index contributed by atoms with van der Waals surface area (Å²) in [4.78, 5) is 2.46. The van der Waals surface area contributed by atoms with Gasteiger partial charge in [0.15, 0.2) is 11.3 Å². The SMILES string of the molecule is COc1ccc(CN2CCNCC2)c2ccoc12. The number of piperazine rings is 1. The van der Waals surface area contributed by atoms with Gasteiger partial charge in [-0.05, 0) is 17.7 Å². The van der Waals surface area contributed by atoms with Crippen LogP contribution < -0.4 is 10.1 Å². The second kappa shape index (κ2) is 5.00. The van der Waals surface area contributed by atoms with Gasteiger partial charge in [-0.15, -0.1) is 0 Å². The van der Waals surface area contributed by atoms with Crippen LogP contribution >= 0.6 is 0 Å². The molecule has 1 fully saturated rings. The van der Waals surface area contributed by atoms with E-state index in [4.69, 9.17) is 9.15 Å². The molecule has 1 aromatic carbocycles. The fraction of sp³-hybridized carbons (Fsp3) is 0.429. The molecule has 4 nitrogen and oxygen atoms in total. The first kappa shape index (κ1) is 11.6. The van der Waals surface area contributed by atoms with E-state index >= 15 is 0 Å². The molecule has 0 amide bonds. The number of hydrogen-bond donors (Lipinski definition) is 1. The molecule has 1 saturated heterocycles. The first-order valence-corrected chi connectivity index (χ1v) is 6.34. The van der Waals surface area contributed by atoms with Crippen LogP contribution in [0.4, 0.5) is 0 Å². The smallest absolute Gasteiger partial charge is 0.175 e. The highest BCUT2D eigenvalue weighted by atomic mass is 16.5. The summed E-state index contributed by atoms with van der Waals surface area (Å²) in [5, 5.41) is 4.53. The monoisotopic (exact) mass is 246 g/mol. The van der Waals surface area contributed by atoms with E-state index in [1.807, 2.05) is 12.1 Å². The van der Waals surface area contributed by atoms with E-state index in [1.54, 1.807) is 13.4 Å². The molecule has 18 heavy (non-hydrogen) atoms. The van der Waals surface area contributed by atoms with Crippen molar-refractivity contribution in [3.05, 3.63) is 30.0 Å². The third-order valence-corrected chi connectivity index (χ3v) is 3.49. The van der Waals surface area contributed by atoms with Gasteiger partial charge in [0.25, 0.3) is 0 Å². The van der Waals surface area contributed by atoms with E-state index < -0.39 is 0 Å². The van der Waals surface area contributed by atoms with Crippen LogP contribution in [0.1, 0.15) is 5.56 Å². The average Bonchev–Trinajstić information content (AvgIpc) is 2.90. The summed E-state index contributed by atoms with van der Waals surface area (Å²) in [6.07, 6.45) is 1.73. The zero-order valence-corrected chi connectivity index (χ0v) is 10.6. The molecule has 0 spiro atoms. The van der Waals surface area contributed by atoms with Gasteiger partial charge in [-0.1, -0.05) is 6.07 Å². The second-order valence-corrected chi connectivity index (χ2v) is 4.62. The summed E-state index contributed by atoms with van der Waals surface area (Å²) >= 11 is 0. The van der Waals surface area contributed by atoms with Crippen LogP contribution in [0.15, 0.2) is 28.9 Å². The van der Waals surface area contributed by atoms with Crippen molar-refractivity contribution in [1.82, 2.24) is 10.2 Å². The first-order chi connectivity index (χ1) is 8.88. The summed E-state index contributed by atoms with van der Waals surface area (Å²) < 4.78 is 10.8. The van der Waals surface area contributed by atoms with Crippen LogP contribution in [-0.4, -0.2) is 38.2 Å². The summed E-state index contributed by atoms with van der Waals surface area (Å²) in [5.41, 5.74) is 2.16. The number of benzene rings is 1. The van der Waals surface area contributed by atoms with Gasteiger partial charge in [0.2, 0.25) is 0 Å². The van der Waals surface area contributed by atoms with E-state index in [9.17, 15) is 0 Å². The predicted molar refractivity (Wildman–Crippen MR) is 70.9 cm³/mol. The maximum Gasteiger partial charge on any atom is 0.175 e. The molecule has 0 radical (unpaired) electrons. The van der Waals surface area contributed by atoms with Gasteiger partial charge in [-0.25, -0.2) is 0 Å². The Morgan fingerprint density at radius 1 is 1.28 bits per heavy atom. The minimum atomic E-state index is 0.805. The van der Waals surface area contributed by atoms with Gasteiger partial charge >= 0.3 is 0 Å². The maximum absolute atomic E-state index is 5.51. The van der Waals surface area contributed by atoms with Gasteiger partial charge in [0.1, 0.15) is 0 Å². The van der Waals surface area contributed by atoms with Crippen LogP contribution in [0.25, 0.3) is 11.0 Å². The summed E-state index contributed by atoms with van der Waals surface area (Å²) in [5.74, 6) is 0.805. The van der Waals surface area contributed by atoms with E-state index in [0.29, 0.717) is 0 Å². The van der Waals surface area contributed by atoms with Gasteiger partial charge in [0.05, 0.1) is 13.4 Å². The molecular weight excluding hydrogens is 228 g/mol. The van der Waals surface area contributed by atoms with Crippen molar-refractivity contribution in [3.63, 3.8) is 0 Å². The molecule has 96 valence electrons. The minimum Gasteiger partial charge on any atom is -0.493 e. The number of furan rings is 1. The quantitative estimate of drug-likeness (QED) is 0.897. The molecule has 2 heterocycles. The molecule has 0 atom stereocenters. The molecule has 1 aliphatic rings. The lowest BCUT2D eigenvalue weighted by atomic mass is 10.1. The molecule has 2 aromatic rings. The van der Waals surface area contributed by atoms with Gasteiger partial charge in [0, 0.05) is 38.1 Å². The van der Waals surface area contributed by atoms with Crippen LogP contribution in [0.3, 0.4) is 0 Å². The van der Waals surface area contributed by atoms with Gasteiger partial charge in [-0.3, -0.25) is 4.90 Å². The highest BCUT2D eigenvalue weighted by Gasteiger charge is 2.14. The number of hydrogen-bond acceptors (Lipinski definition) is 4. The normalized spacial score (nSPS) is 17.2. The highest BCUT2D eigenvalue weighted by molar-refractivity contribution is 5.86. The molecule has 3 rings (SSSR count). The van der Waals surface area contributed by atoms with Crippen molar-refractivity contribution in [2.24, 2.45) is 0 Å². The molecule has 4 heteroatoms. The van der Waals surface area contributed by atoms with Crippen LogP contribution in [0, 0.1) is 0 Å². The number of rotatable bonds is 3. The fourth-order valence-corrected chi connectivity index (χ4v) is 2.50. The molecular formula is C14H18N2O2. The number of methoxy groups -OCH3 is 1. The number of fused-ring (bicyclic) bond motifs is 1. The Balaban J connectivity index is 1.89. The van der Waals surface area contributed by atoms with E-state index in [2.05, 4.69) is 16.3 Å². The standard InChI is InChI=1S/C14H18N2O2/c1-17-13-3-2-11(12-4-9-18-14(12)13)10-16-7-5-15-6-8-16/h2-4,9,15H,5-8,10H2,1H3. The Morgan fingerprint density at radius 3 is 2.89 bits per heavy atom. The highest BCUT2D eigenvalue weighted by Crippen LogP contribution is 2.30. The largest absolute Gasteiger partial charge is 0.493 e. The van der Waals surface area contributed by atoms with Crippen molar-refractivity contribution in [2.75, 3.05) is 33.3 Å².